The molecule has 1 atom stereocenters. The summed E-state index contributed by atoms with van der Waals surface area (Å²) in [5, 5.41) is 12.3. The molecule has 3 rings (SSSR count). The van der Waals surface area contributed by atoms with Gasteiger partial charge in [0.2, 0.25) is 11.0 Å². The van der Waals surface area contributed by atoms with Gasteiger partial charge in [-0.05, 0) is 31.9 Å². The fraction of sp³-hybridized carbons (Fsp3) is 0.562. The first-order chi connectivity index (χ1) is 12.1. The summed E-state index contributed by atoms with van der Waals surface area (Å²) < 4.78 is 11.9. The molecule has 9 heteroatoms. The molecule has 1 amide bonds. The largest absolute Gasteiger partial charge is 0.464 e. The monoisotopic (exact) mass is 382 g/mol. The number of ether oxygens (including phenoxy) is 1. The van der Waals surface area contributed by atoms with E-state index in [1.165, 1.54) is 23.1 Å². The van der Waals surface area contributed by atoms with Crippen molar-refractivity contribution in [1.29, 1.82) is 0 Å². The Kier molecular flexibility index (Phi) is 6.33. The molecular formula is C16H22N4O3S2. The third-order valence-electron chi connectivity index (χ3n) is 3.85. The number of hydrogen-bond acceptors (Lipinski definition) is 8. The first-order valence-corrected chi connectivity index (χ1v) is 10.0. The molecule has 1 N–H and O–H groups in total. The minimum absolute atomic E-state index is 0.0307. The Balaban J connectivity index is 1.40. The van der Waals surface area contributed by atoms with Crippen LogP contribution in [0.4, 0.5) is 5.13 Å². The van der Waals surface area contributed by atoms with E-state index in [0.717, 1.165) is 47.0 Å². The number of carbonyl (C=O) groups excluding carboxylic acids is 1. The number of carbonyl (C=O) groups is 1. The summed E-state index contributed by atoms with van der Waals surface area (Å²) in [5.74, 6) is 2.00. The van der Waals surface area contributed by atoms with Gasteiger partial charge in [-0.2, -0.15) is 0 Å². The maximum Gasteiger partial charge on any atom is 0.233 e. The van der Waals surface area contributed by atoms with Gasteiger partial charge in [0.15, 0.2) is 4.34 Å². The first-order valence-electron chi connectivity index (χ1n) is 8.21. The van der Waals surface area contributed by atoms with Gasteiger partial charge in [-0.15, -0.1) is 10.2 Å². The van der Waals surface area contributed by atoms with E-state index < -0.39 is 0 Å². The second-order valence-electron chi connectivity index (χ2n) is 5.94. The molecule has 25 heavy (non-hydrogen) atoms. The van der Waals surface area contributed by atoms with Crippen molar-refractivity contribution in [3.05, 3.63) is 23.7 Å². The van der Waals surface area contributed by atoms with Crippen LogP contribution in [0.2, 0.25) is 0 Å². The van der Waals surface area contributed by atoms with Gasteiger partial charge >= 0.3 is 0 Å². The van der Waals surface area contributed by atoms with E-state index in [0.29, 0.717) is 12.3 Å². The maximum absolute atomic E-state index is 12.2. The number of aryl methyl sites for hydroxylation is 1. The SMILES string of the molecule is Cc1ccc(CN(C)C(=O)CSc2nnc(NC[C@@H]3CCCO3)s2)o1. The number of amides is 1. The van der Waals surface area contributed by atoms with Crippen molar-refractivity contribution < 1.29 is 13.9 Å². The summed E-state index contributed by atoms with van der Waals surface area (Å²) in [4.78, 5) is 13.9. The highest BCUT2D eigenvalue weighted by Gasteiger charge is 2.17. The quantitative estimate of drug-likeness (QED) is 0.703. The van der Waals surface area contributed by atoms with E-state index in [-0.39, 0.29) is 12.0 Å². The van der Waals surface area contributed by atoms with Gasteiger partial charge in [0.05, 0.1) is 18.4 Å². The fourth-order valence-electron chi connectivity index (χ4n) is 2.47. The van der Waals surface area contributed by atoms with Crippen molar-refractivity contribution in [2.24, 2.45) is 0 Å². The van der Waals surface area contributed by atoms with Crippen LogP contribution in [0, 0.1) is 6.92 Å². The molecule has 0 aromatic carbocycles. The zero-order valence-electron chi connectivity index (χ0n) is 14.4. The van der Waals surface area contributed by atoms with Crippen LogP contribution in [0.5, 0.6) is 0 Å². The summed E-state index contributed by atoms with van der Waals surface area (Å²) >= 11 is 2.87. The van der Waals surface area contributed by atoms with Gasteiger partial charge in [-0.1, -0.05) is 23.1 Å². The smallest absolute Gasteiger partial charge is 0.233 e. The number of nitrogens with one attached hydrogen (secondary N) is 1. The van der Waals surface area contributed by atoms with Gasteiger partial charge < -0.3 is 19.4 Å². The van der Waals surface area contributed by atoms with Gasteiger partial charge in [0.25, 0.3) is 0 Å². The van der Waals surface area contributed by atoms with E-state index in [4.69, 9.17) is 9.15 Å². The van der Waals surface area contributed by atoms with Crippen LogP contribution in [0.15, 0.2) is 20.9 Å². The van der Waals surface area contributed by atoms with Gasteiger partial charge in [-0.3, -0.25) is 4.79 Å². The Hall–Kier alpha value is -1.58. The minimum Gasteiger partial charge on any atom is -0.464 e. The van der Waals surface area contributed by atoms with Crippen molar-refractivity contribution in [2.75, 3.05) is 31.3 Å². The predicted octanol–water partition coefficient (Wildman–Crippen LogP) is 2.78. The maximum atomic E-state index is 12.2. The van der Waals surface area contributed by atoms with Gasteiger partial charge in [0.1, 0.15) is 11.5 Å². The Morgan fingerprint density at radius 1 is 1.48 bits per heavy atom. The highest BCUT2D eigenvalue weighted by Crippen LogP contribution is 2.26. The van der Waals surface area contributed by atoms with Crippen LogP contribution in [0.3, 0.4) is 0 Å². The highest BCUT2D eigenvalue weighted by atomic mass is 32.2. The summed E-state index contributed by atoms with van der Waals surface area (Å²) in [6, 6.07) is 3.79. The van der Waals surface area contributed by atoms with E-state index in [1.54, 1.807) is 11.9 Å². The number of thioether (sulfide) groups is 1. The van der Waals surface area contributed by atoms with Crippen molar-refractivity contribution in [3.8, 4) is 0 Å². The molecule has 0 spiro atoms. The molecule has 2 aromatic heterocycles. The molecular weight excluding hydrogens is 360 g/mol. The van der Waals surface area contributed by atoms with E-state index in [1.807, 2.05) is 19.1 Å². The highest BCUT2D eigenvalue weighted by molar-refractivity contribution is 8.01. The molecule has 1 aliphatic rings. The molecule has 0 aliphatic carbocycles. The molecule has 1 fully saturated rings. The lowest BCUT2D eigenvalue weighted by atomic mass is 10.2. The second kappa shape index (κ2) is 8.68. The zero-order valence-corrected chi connectivity index (χ0v) is 16.0. The van der Waals surface area contributed by atoms with Crippen molar-refractivity contribution in [1.82, 2.24) is 15.1 Å². The topological polar surface area (TPSA) is 80.5 Å². The number of furan rings is 1. The van der Waals surface area contributed by atoms with Crippen LogP contribution in [-0.4, -0.2) is 53.1 Å². The lowest BCUT2D eigenvalue weighted by Gasteiger charge is -2.14. The summed E-state index contributed by atoms with van der Waals surface area (Å²) in [7, 11) is 1.77. The van der Waals surface area contributed by atoms with E-state index in [9.17, 15) is 4.79 Å². The van der Waals surface area contributed by atoms with Crippen LogP contribution < -0.4 is 5.32 Å². The molecule has 3 heterocycles. The number of aromatic nitrogens is 2. The number of rotatable bonds is 8. The standard InChI is InChI=1S/C16H22N4O3S2/c1-11-5-6-13(23-11)9-20(2)14(21)10-24-16-19-18-15(25-16)17-8-12-4-3-7-22-12/h5-6,12H,3-4,7-10H2,1-2H3,(H,17,18)/t12-/m0/s1. The Morgan fingerprint density at radius 2 is 2.36 bits per heavy atom. The van der Waals surface area contributed by atoms with Crippen molar-refractivity contribution in [3.63, 3.8) is 0 Å². The number of nitrogens with zero attached hydrogens (tertiary/aromatic N) is 3. The number of anilines is 1. The predicted molar refractivity (Wildman–Crippen MR) is 98.0 cm³/mol. The summed E-state index contributed by atoms with van der Waals surface area (Å²) in [5.41, 5.74) is 0. The molecule has 0 saturated carbocycles. The molecule has 2 aromatic rings. The van der Waals surface area contributed by atoms with Crippen molar-refractivity contribution >= 4 is 34.1 Å². The molecule has 7 nitrogen and oxygen atoms in total. The number of hydrogen-bond donors (Lipinski definition) is 1. The van der Waals surface area contributed by atoms with Crippen LogP contribution in [-0.2, 0) is 16.1 Å². The van der Waals surface area contributed by atoms with Crippen LogP contribution in [0.1, 0.15) is 24.4 Å². The first kappa shape index (κ1) is 18.2. The van der Waals surface area contributed by atoms with Gasteiger partial charge in [0, 0.05) is 20.2 Å². The minimum atomic E-state index is 0.0307. The average Bonchev–Trinajstić information content (AvgIpc) is 3.33. The average molecular weight is 383 g/mol. The Bertz CT molecular complexity index is 697. The van der Waals surface area contributed by atoms with E-state index >= 15 is 0 Å². The molecule has 1 aliphatic heterocycles. The Labute approximate surface area is 155 Å². The normalized spacial score (nSPS) is 17.0. The molecule has 0 bridgehead atoms. The van der Waals surface area contributed by atoms with E-state index in [2.05, 4.69) is 15.5 Å². The van der Waals surface area contributed by atoms with Crippen LogP contribution >= 0.6 is 23.1 Å². The zero-order chi connectivity index (χ0) is 17.6. The lowest BCUT2D eigenvalue weighted by molar-refractivity contribution is -0.127. The summed E-state index contributed by atoms with van der Waals surface area (Å²) in [6.07, 6.45) is 2.47. The Morgan fingerprint density at radius 3 is 3.08 bits per heavy atom. The van der Waals surface area contributed by atoms with Gasteiger partial charge in [-0.25, -0.2) is 0 Å². The summed E-state index contributed by atoms with van der Waals surface area (Å²) in [6.45, 7) is 3.96. The lowest BCUT2D eigenvalue weighted by Crippen LogP contribution is -2.27. The molecule has 136 valence electrons. The molecule has 1 saturated heterocycles. The fourth-order valence-corrected chi connectivity index (χ4v) is 4.17. The third-order valence-corrected chi connectivity index (χ3v) is 5.84. The third kappa shape index (κ3) is 5.45. The van der Waals surface area contributed by atoms with Crippen LogP contribution in [0.25, 0.3) is 0 Å². The molecule has 0 radical (unpaired) electrons. The van der Waals surface area contributed by atoms with Crippen molar-refractivity contribution in [2.45, 2.75) is 36.8 Å². The second-order valence-corrected chi connectivity index (χ2v) is 8.14. The molecule has 0 unspecified atom stereocenters.